The van der Waals surface area contributed by atoms with Crippen molar-refractivity contribution in [2.24, 2.45) is 0 Å². The minimum absolute atomic E-state index is 0.102. The van der Waals surface area contributed by atoms with Crippen LogP contribution >= 0.6 is 0 Å². The highest BCUT2D eigenvalue weighted by Crippen LogP contribution is 2.09. The van der Waals surface area contributed by atoms with Gasteiger partial charge in [0.25, 0.3) is 5.91 Å². The number of esters is 1. The highest BCUT2D eigenvalue weighted by molar-refractivity contribution is 5.97. The van der Waals surface area contributed by atoms with Crippen LogP contribution in [0.25, 0.3) is 0 Å². The first-order valence-electron chi connectivity index (χ1n) is 8.31. The molecule has 0 unspecified atom stereocenters. The van der Waals surface area contributed by atoms with E-state index in [9.17, 15) is 23.2 Å². The molecule has 2 aromatic rings. The molecule has 0 atom stereocenters. The van der Waals surface area contributed by atoms with E-state index in [0.29, 0.717) is 16.7 Å². The molecule has 0 aliphatic heterocycles. The summed E-state index contributed by atoms with van der Waals surface area (Å²) in [5.74, 6) is -2.36. The lowest BCUT2D eigenvalue weighted by atomic mass is 10.1. The highest BCUT2D eigenvalue weighted by atomic mass is 19.1. The second-order valence-electron chi connectivity index (χ2n) is 5.95. The lowest BCUT2D eigenvalue weighted by molar-refractivity contribution is -0.148. The van der Waals surface area contributed by atoms with Crippen LogP contribution in [-0.4, -0.2) is 24.3 Å². The zero-order valence-corrected chi connectivity index (χ0v) is 14.8. The Hall–Kier alpha value is -3.09. The van der Waals surface area contributed by atoms with Gasteiger partial charge in [0.15, 0.2) is 12.4 Å². The maximum atomic E-state index is 13.4. The van der Waals surface area contributed by atoms with Crippen LogP contribution in [0.4, 0.5) is 8.78 Å². The standard InChI is InChI=1S/C20H19F2NO4/c1-13-2-3-14(10-17(13)22)11-23-19(25)12-27-20(26)9-8-18(24)15-4-6-16(21)7-5-15/h2-7,10H,8-9,11-12H2,1H3,(H,23,25). The van der Waals surface area contributed by atoms with Crippen molar-refractivity contribution in [2.75, 3.05) is 6.61 Å². The van der Waals surface area contributed by atoms with Gasteiger partial charge >= 0.3 is 5.97 Å². The molecule has 0 saturated carbocycles. The predicted molar refractivity (Wildman–Crippen MR) is 93.9 cm³/mol. The fraction of sp³-hybridized carbons (Fsp3) is 0.250. The Morgan fingerprint density at radius 1 is 1.00 bits per heavy atom. The Balaban J connectivity index is 1.68. The molecule has 0 fully saturated rings. The number of hydrogen-bond acceptors (Lipinski definition) is 4. The molecule has 0 heterocycles. The van der Waals surface area contributed by atoms with Crippen molar-refractivity contribution in [1.82, 2.24) is 5.32 Å². The molecule has 0 aliphatic carbocycles. The van der Waals surface area contributed by atoms with Crippen LogP contribution in [0.1, 0.15) is 34.3 Å². The number of amides is 1. The molecule has 2 rings (SSSR count). The van der Waals surface area contributed by atoms with Crippen LogP contribution in [0.5, 0.6) is 0 Å². The number of nitrogens with one attached hydrogen (secondary N) is 1. The van der Waals surface area contributed by atoms with Crippen LogP contribution < -0.4 is 5.32 Å². The van der Waals surface area contributed by atoms with Crippen LogP contribution in [0.15, 0.2) is 42.5 Å². The number of benzene rings is 2. The monoisotopic (exact) mass is 375 g/mol. The average Bonchev–Trinajstić information content (AvgIpc) is 2.66. The van der Waals surface area contributed by atoms with Gasteiger partial charge < -0.3 is 10.1 Å². The van der Waals surface area contributed by atoms with Gasteiger partial charge in [0.05, 0.1) is 6.42 Å². The first kappa shape index (κ1) is 20.2. The van der Waals surface area contributed by atoms with E-state index < -0.39 is 24.3 Å². The number of hydrogen-bond donors (Lipinski definition) is 1. The Morgan fingerprint density at radius 2 is 1.70 bits per heavy atom. The Morgan fingerprint density at radius 3 is 2.37 bits per heavy atom. The molecule has 7 heteroatoms. The minimum atomic E-state index is -0.693. The number of carbonyl (C=O) groups is 3. The third kappa shape index (κ3) is 6.62. The molecule has 1 amide bonds. The SMILES string of the molecule is Cc1ccc(CNC(=O)COC(=O)CCC(=O)c2ccc(F)cc2)cc1F. The lowest BCUT2D eigenvalue weighted by Gasteiger charge is -2.07. The highest BCUT2D eigenvalue weighted by Gasteiger charge is 2.12. The number of Topliss-reactive ketones (excluding diaryl/α,β-unsaturated/α-hetero) is 1. The summed E-state index contributed by atoms with van der Waals surface area (Å²) in [5, 5.41) is 2.51. The van der Waals surface area contributed by atoms with E-state index in [2.05, 4.69) is 5.32 Å². The van der Waals surface area contributed by atoms with Crippen molar-refractivity contribution >= 4 is 17.7 Å². The number of ether oxygens (including phenoxy) is 1. The Labute approximate surface area is 155 Å². The number of carbonyl (C=O) groups excluding carboxylic acids is 3. The van der Waals surface area contributed by atoms with E-state index in [1.54, 1.807) is 19.1 Å². The number of rotatable bonds is 8. The van der Waals surface area contributed by atoms with Gasteiger partial charge in [0.2, 0.25) is 0 Å². The summed E-state index contributed by atoms with van der Waals surface area (Å²) in [6.07, 6.45) is -0.290. The second kappa shape index (κ2) is 9.56. The van der Waals surface area contributed by atoms with Gasteiger partial charge in [0, 0.05) is 18.5 Å². The zero-order chi connectivity index (χ0) is 19.8. The average molecular weight is 375 g/mol. The molecule has 0 bridgehead atoms. The Bertz CT molecular complexity index is 834. The molecule has 27 heavy (non-hydrogen) atoms. The molecule has 0 aromatic heterocycles. The van der Waals surface area contributed by atoms with E-state index in [1.165, 1.54) is 18.2 Å². The van der Waals surface area contributed by atoms with E-state index in [4.69, 9.17) is 4.74 Å². The van der Waals surface area contributed by atoms with Gasteiger partial charge in [0.1, 0.15) is 11.6 Å². The van der Waals surface area contributed by atoms with Gasteiger partial charge in [-0.1, -0.05) is 12.1 Å². The Kier molecular flexibility index (Phi) is 7.16. The number of halogens is 2. The second-order valence-corrected chi connectivity index (χ2v) is 5.95. The molecule has 0 radical (unpaired) electrons. The maximum Gasteiger partial charge on any atom is 0.306 e. The van der Waals surface area contributed by atoms with Crippen molar-refractivity contribution in [1.29, 1.82) is 0 Å². The summed E-state index contributed by atoms with van der Waals surface area (Å²) in [6, 6.07) is 9.61. The van der Waals surface area contributed by atoms with Crippen molar-refractivity contribution < 1.29 is 27.9 Å². The number of aryl methyl sites for hydroxylation is 1. The quantitative estimate of drug-likeness (QED) is 0.568. The van der Waals surface area contributed by atoms with Crippen LogP contribution in [0, 0.1) is 18.6 Å². The summed E-state index contributed by atoms with van der Waals surface area (Å²) in [7, 11) is 0. The minimum Gasteiger partial charge on any atom is -0.456 e. The molecule has 5 nitrogen and oxygen atoms in total. The molecule has 1 N–H and O–H groups in total. The topological polar surface area (TPSA) is 72.5 Å². The van der Waals surface area contributed by atoms with Crippen molar-refractivity contribution in [2.45, 2.75) is 26.3 Å². The normalized spacial score (nSPS) is 10.3. The summed E-state index contributed by atoms with van der Waals surface area (Å²) in [5.41, 5.74) is 1.39. The molecule has 0 spiro atoms. The fourth-order valence-electron chi connectivity index (χ4n) is 2.21. The smallest absolute Gasteiger partial charge is 0.306 e. The zero-order valence-electron chi connectivity index (χ0n) is 14.8. The van der Waals surface area contributed by atoms with Gasteiger partial charge in [-0.2, -0.15) is 0 Å². The van der Waals surface area contributed by atoms with Crippen LogP contribution in [-0.2, 0) is 20.9 Å². The van der Waals surface area contributed by atoms with E-state index >= 15 is 0 Å². The molecule has 142 valence electrons. The van der Waals surface area contributed by atoms with E-state index in [-0.39, 0.29) is 31.0 Å². The van der Waals surface area contributed by atoms with E-state index in [1.807, 2.05) is 0 Å². The van der Waals surface area contributed by atoms with Gasteiger partial charge in [-0.25, -0.2) is 8.78 Å². The van der Waals surface area contributed by atoms with E-state index in [0.717, 1.165) is 12.1 Å². The first-order valence-corrected chi connectivity index (χ1v) is 8.31. The summed E-state index contributed by atoms with van der Waals surface area (Å²) < 4.78 is 31.0. The van der Waals surface area contributed by atoms with Crippen molar-refractivity contribution in [3.8, 4) is 0 Å². The van der Waals surface area contributed by atoms with Crippen molar-refractivity contribution in [3.05, 3.63) is 70.8 Å². The molecule has 2 aromatic carbocycles. The summed E-state index contributed by atoms with van der Waals surface area (Å²) in [6.45, 7) is 1.26. The fourth-order valence-corrected chi connectivity index (χ4v) is 2.21. The molecular formula is C20H19F2NO4. The maximum absolute atomic E-state index is 13.4. The summed E-state index contributed by atoms with van der Waals surface area (Å²) >= 11 is 0. The molecular weight excluding hydrogens is 356 g/mol. The molecule has 0 saturated heterocycles. The van der Waals surface area contributed by atoms with Gasteiger partial charge in [-0.3, -0.25) is 14.4 Å². The van der Waals surface area contributed by atoms with Gasteiger partial charge in [-0.05, 0) is 48.4 Å². The lowest BCUT2D eigenvalue weighted by Crippen LogP contribution is -2.28. The first-order chi connectivity index (χ1) is 12.8. The van der Waals surface area contributed by atoms with Crippen LogP contribution in [0.2, 0.25) is 0 Å². The van der Waals surface area contributed by atoms with Gasteiger partial charge in [-0.15, -0.1) is 0 Å². The van der Waals surface area contributed by atoms with Crippen LogP contribution in [0.3, 0.4) is 0 Å². The largest absolute Gasteiger partial charge is 0.456 e. The summed E-state index contributed by atoms with van der Waals surface area (Å²) in [4.78, 5) is 35.2. The van der Waals surface area contributed by atoms with Crippen molar-refractivity contribution in [3.63, 3.8) is 0 Å². The third-order valence-corrected chi connectivity index (χ3v) is 3.81. The third-order valence-electron chi connectivity index (χ3n) is 3.81. The molecule has 0 aliphatic rings. The number of ketones is 1. The predicted octanol–water partition coefficient (Wildman–Crippen LogP) is 3.10.